The highest BCUT2D eigenvalue weighted by Crippen LogP contribution is 2.43. The number of carbonyl (C=O) groups is 2. The van der Waals surface area contributed by atoms with E-state index in [9.17, 15) is 9.59 Å². The van der Waals surface area contributed by atoms with Crippen molar-refractivity contribution >= 4 is 34.6 Å². The van der Waals surface area contributed by atoms with Crippen LogP contribution >= 0.6 is 0 Å². The van der Waals surface area contributed by atoms with E-state index in [4.69, 9.17) is 10.2 Å². The van der Waals surface area contributed by atoms with Crippen LogP contribution in [0, 0.1) is 11.8 Å². The molecule has 6 nitrogen and oxygen atoms in total. The Labute approximate surface area is 224 Å². The van der Waals surface area contributed by atoms with Gasteiger partial charge < -0.3 is 0 Å². The molecule has 2 aliphatic heterocycles. The molecule has 0 spiro atoms. The monoisotopic (exact) mass is 506 g/mol. The molecule has 0 N–H and O–H groups in total. The molecule has 38 heavy (non-hydrogen) atoms. The molecule has 3 aromatic carbocycles. The number of rotatable bonds is 9. The standard InChI is InChI=1S/C32H34N4O2/c1-4-13-22-18-20-23(21-19-22)28(29-26(5-2)33-35(31(29)37)24-14-9-7-10-15-24)30-27(6-3)34-36(32(30)38)25-16-11-8-12-17-25/h7-12,14-21,28-30H,4-6,13H2,1-3H3. The summed E-state index contributed by atoms with van der Waals surface area (Å²) < 4.78 is 0. The van der Waals surface area contributed by atoms with Crippen LogP contribution < -0.4 is 10.0 Å². The maximum absolute atomic E-state index is 14.1. The summed E-state index contributed by atoms with van der Waals surface area (Å²) in [7, 11) is 0. The summed E-state index contributed by atoms with van der Waals surface area (Å²) in [6, 6.07) is 27.5. The number of hydrogen-bond acceptors (Lipinski definition) is 4. The number of anilines is 2. The molecule has 3 aromatic rings. The largest absolute Gasteiger partial charge is 0.272 e. The fourth-order valence-electron chi connectivity index (χ4n) is 5.61. The summed E-state index contributed by atoms with van der Waals surface area (Å²) >= 11 is 0. The van der Waals surface area contributed by atoms with E-state index >= 15 is 0 Å². The summed E-state index contributed by atoms with van der Waals surface area (Å²) in [4.78, 5) is 28.2. The maximum Gasteiger partial charge on any atom is 0.256 e. The van der Waals surface area contributed by atoms with E-state index in [2.05, 4.69) is 31.2 Å². The summed E-state index contributed by atoms with van der Waals surface area (Å²) in [6.07, 6.45) is 3.28. The second kappa shape index (κ2) is 11.1. The molecule has 2 atom stereocenters. The molecule has 0 aliphatic carbocycles. The third-order valence-electron chi connectivity index (χ3n) is 7.47. The molecule has 0 saturated carbocycles. The van der Waals surface area contributed by atoms with Crippen molar-refractivity contribution in [1.29, 1.82) is 0 Å². The van der Waals surface area contributed by atoms with E-state index in [1.54, 1.807) is 0 Å². The third-order valence-corrected chi connectivity index (χ3v) is 7.47. The van der Waals surface area contributed by atoms with E-state index in [1.165, 1.54) is 15.6 Å². The number of hydrogen-bond donors (Lipinski definition) is 0. The average molecular weight is 507 g/mol. The molecule has 0 bridgehead atoms. The first-order valence-electron chi connectivity index (χ1n) is 13.6. The Morgan fingerprint density at radius 3 is 1.50 bits per heavy atom. The van der Waals surface area contributed by atoms with Gasteiger partial charge in [0.2, 0.25) is 0 Å². The number of carbonyl (C=O) groups excluding carboxylic acids is 2. The predicted molar refractivity (Wildman–Crippen MR) is 153 cm³/mol. The van der Waals surface area contributed by atoms with Crippen LogP contribution in [-0.4, -0.2) is 23.2 Å². The first kappa shape index (κ1) is 25.6. The van der Waals surface area contributed by atoms with Gasteiger partial charge in [-0.1, -0.05) is 87.9 Å². The Balaban J connectivity index is 1.61. The van der Waals surface area contributed by atoms with Crippen molar-refractivity contribution in [3.05, 3.63) is 96.1 Å². The molecule has 194 valence electrons. The summed E-state index contributed by atoms with van der Waals surface area (Å²) in [5.74, 6) is -1.72. The summed E-state index contributed by atoms with van der Waals surface area (Å²) in [5.41, 5.74) is 5.27. The van der Waals surface area contributed by atoms with Crippen molar-refractivity contribution in [3.63, 3.8) is 0 Å². The van der Waals surface area contributed by atoms with Gasteiger partial charge in [0.1, 0.15) is 0 Å². The van der Waals surface area contributed by atoms with E-state index < -0.39 is 17.8 Å². The molecule has 0 aromatic heterocycles. The van der Waals surface area contributed by atoms with Gasteiger partial charge in [-0.05, 0) is 54.7 Å². The van der Waals surface area contributed by atoms with Gasteiger partial charge >= 0.3 is 0 Å². The molecule has 2 unspecified atom stereocenters. The number of hydrazone groups is 2. The van der Waals surface area contributed by atoms with Gasteiger partial charge in [-0.2, -0.15) is 10.2 Å². The van der Waals surface area contributed by atoms with E-state index in [-0.39, 0.29) is 11.8 Å². The van der Waals surface area contributed by atoms with Gasteiger partial charge in [0.15, 0.2) is 0 Å². The molecule has 0 radical (unpaired) electrons. The average Bonchev–Trinajstić information content (AvgIpc) is 3.47. The number of amides is 2. The Kier molecular flexibility index (Phi) is 7.50. The molecule has 6 heteroatoms. The Morgan fingerprint density at radius 1 is 0.658 bits per heavy atom. The van der Waals surface area contributed by atoms with Gasteiger partial charge in [0.25, 0.3) is 11.8 Å². The van der Waals surface area contributed by atoms with Crippen molar-refractivity contribution < 1.29 is 9.59 Å². The first-order chi connectivity index (χ1) is 18.6. The number of benzene rings is 3. The minimum Gasteiger partial charge on any atom is -0.272 e. The van der Waals surface area contributed by atoms with Crippen LogP contribution in [0.25, 0.3) is 0 Å². The van der Waals surface area contributed by atoms with Crippen LogP contribution in [0.2, 0.25) is 0 Å². The highest BCUT2D eigenvalue weighted by molar-refractivity contribution is 6.20. The lowest BCUT2D eigenvalue weighted by atomic mass is 9.71. The van der Waals surface area contributed by atoms with Crippen molar-refractivity contribution in [2.45, 2.75) is 52.4 Å². The molecule has 2 amide bonds. The van der Waals surface area contributed by atoms with E-state index in [0.29, 0.717) is 12.8 Å². The number of nitrogens with zero attached hydrogens (tertiary/aromatic N) is 4. The van der Waals surface area contributed by atoms with Crippen molar-refractivity contribution in [1.82, 2.24) is 0 Å². The van der Waals surface area contributed by atoms with Gasteiger partial charge in [-0.15, -0.1) is 0 Å². The Bertz CT molecular complexity index is 1270. The third kappa shape index (κ3) is 4.67. The van der Waals surface area contributed by atoms with Crippen molar-refractivity contribution in [2.75, 3.05) is 10.0 Å². The zero-order chi connectivity index (χ0) is 26.6. The van der Waals surface area contributed by atoms with Gasteiger partial charge in [0, 0.05) is 5.92 Å². The molecule has 0 saturated heterocycles. The van der Waals surface area contributed by atoms with Crippen LogP contribution in [0.15, 0.2) is 95.1 Å². The SMILES string of the molecule is CCCc1ccc(C(C2C(=O)N(c3ccccc3)N=C2CC)C2C(=O)N(c3ccccc3)N=C2CC)cc1. The molecule has 0 fully saturated rings. The first-order valence-corrected chi connectivity index (χ1v) is 13.6. The second-order valence-corrected chi connectivity index (χ2v) is 9.83. The minimum absolute atomic E-state index is 0.0999. The van der Waals surface area contributed by atoms with Gasteiger partial charge in [0.05, 0.1) is 34.6 Å². The van der Waals surface area contributed by atoms with E-state index in [0.717, 1.165) is 41.2 Å². The molecular formula is C32H34N4O2. The molecule has 2 aliphatic rings. The summed E-state index contributed by atoms with van der Waals surface area (Å²) in [6.45, 7) is 6.21. The van der Waals surface area contributed by atoms with Crippen LogP contribution in [0.1, 0.15) is 57.1 Å². The van der Waals surface area contributed by atoms with Crippen molar-refractivity contribution in [3.8, 4) is 0 Å². The molecule has 5 rings (SSSR count). The predicted octanol–water partition coefficient (Wildman–Crippen LogP) is 6.58. The minimum atomic E-state index is -0.557. The quantitative estimate of drug-likeness (QED) is 0.329. The zero-order valence-electron chi connectivity index (χ0n) is 22.2. The Hall–Kier alpha value is -4.06. The lowest BCUT2D eigenvalue weighted by Gasteiger charge is -2.29. The highest BCUT2D eigenvalue weighted by Gasteiger charge is 2.51. The molecule has 2 heterocycles. The smallest absolute Gasteiger partial charge is 0.256 e. The number of aryl methyl sites for hydroxylation is 1. The van der Waals surface area contributed by atoms with Crippen LogP contribution in [0.5, 0.6) is 0 Å². The van der Waals surface area contributed by atoms with Gasteiger partial charge in [-0.25, -0.2) is 10.0 Å². The zero-order valence-corrected chi connectivity index (χ0v) is 22.2. The fourth-order valence-corrected chi connectivity index (χ4v) is 5.61. The molecular weight excluding hydrogens is 472 g/mol. The fraction of sp³-hybridized carbons (Fsp3) is 0.312. The maximum atomic E-state index is 14.1. The lowest BCUT2D eigenvalue weighted by molar-refractivity contribution is -0.122. The van der Waals surface area contributed by atoms with Crippen LogP contribution in [0.4, 0.5) is 11.4 Å². The second-order valence-electron chi connectivity index (χ2n) is 9.83. The van der Waals surface area contributed by atoms with Crippen molar-refractivity contribution in [2.24, 2.45) is 22.0 Å². The topological polar surface area (TPSA) is 65.3 Å². The Morgan fingerprint density at radius 2 is 1.11 bits per heavy atom. The van der Waals surface area contributed by atoms with Gasteiger partial charge in [-0.3, -0.25) is 9.59 Å². The van der Waals surface area contributed by atoms with Crippen LogP contribution in [0.3, 0.4) is 0 Å². The van der Waals surface area contributed by atoms with Crippen LogP contribution in [-0.2, 0) is 16.0 Å². The summed E-state index contributed by atoms with van der Waals surface area (Å²) in [5, 5.41) is 12.6. The highest BCUT2D eigenvalue weighted by atomic mass is 16.2. The lowest BCUT2D eigenvalue weighted by Crippen LogP contribution is -2.40. The number of para-hydroxylation sites is 2. The normalized spacial score (nSPS) is 20.1. The van der Waals surface area contributed by atoms with E-state index in [1.807, 2.05) is 74.5 Å².